The fourth-order valence-corrected chi connectivity index (χ4v) is 3.13. The molecule has 2 rings (SSSR count). The molecule has 0 N–H and O–H groups in total. The van der Waals surface area contributed by atoms with Gasteiger partial charge in [0.1, 0.15) is 0 Å². The number of anilines is 1. The maximum atomic E-state index is 12.7. The first kappa shape index (κ1) is 14.5. The molecule has 106 valence electrons. The summed E-state index contributed by atoms with van der Waals surface area (Å²) >= 11 is 5.71. The van der Waals surface area contributed by atoms with Crippen molar-refractivity contribution >= 4 is 27.1 Å². The molecule has 1 fully saturated rings. The van der Waals surface area contributed by atoms with Crippen LogP contribution >= 0.6 is 11.6 Å². The molecule has 1 aliphatic rings. The Hall–Kier alpha value is -0.880. The molecule has 1 aliphatic carbocycles. The Balaban J connectivity index is 2.46. The van der Waals surface area contributed by atoms with Crippen LogP contribution in [0.3, 0.4) is 0 Å². The third kappa shape index (κ3) is 3.00. The molecule has 0 aromatic heterocycles. The molecule has 19 heavy (non-hydrogen) atoms. The van der Waals surface area contributed by atoms with Crippen molar-refractivity contribution in [2.24, 2.45) is 0 Å². The van der Waals surface area contributed by atoms with E-state index in [9.17, 15) is 17.2 Å². The summed E-state index contributed by atoms with van der Waals surface area (Å²) < 4.78 is 48.8. The Morgan fingerprint density at radius 1 is 1.32 bits per heavy atom. The highest BCUT2D eigenvalue weighted by Crippen LogP contribution is 2.36. The quantitative estimate of drug-likeness (QED) is 0.758. The number of alkyl halides is 3. The zero-order valence-corrected chi connectivity index (χ0v) is 11.7. The van der Waals surface area contributed by atoms with Gasteiger partial charge in [0.2, 0.25) is 9.84 Å². The van der Waals surface area contributed by atoms with Gasteiger partial charge in [0.15, 0.2) is 0 Å². The standard InChI is InChI=1S/C12H14ClF2NO2S/c13-7-8-16(9-5-6-9)10-3-1-2-4-11(10)19(17,18)12(14)15/h1-4,9,12H,5-8H2. The molecular weight excluding hydrogens is 296 g/mol. The van der Waals surface area contributed by atoms with Crippen molar-refractivity contribution in [1.29, 1.82) is 0 Å². The number of benzene rings is 1. The predicted octanol–water partition coefficient (Wildman–Crippen LogP) is 2.89. The predicted molar refractivity (Wildman–Crippen MR) is 70.7 cm³/mol. The summed E-state index contributed by atoms with van der Waals surface area (Å²) in [6, 6.07) is 6.07. The zero-order chi connectivity index (χ0) is 14.0. The summed E-state index contributed by atoms with van der Waals surface area (Å²) in [5.74, 6) is -3.09. The molecule has 3 nitrogen and oxygen atoms in total. The molecule has 0 unspecified atom stereocenters. The average molecular weight is 310 g/mol. The Morgan fingerprint density at radius 2 is 1.95 bits per heavy atom. The van der Waals surface area contributed by atoms with Gasteiger partial charge in [-0.1, -0.05) is 12.1 Å². The van der Waals surface area contributed by atoms with Gasteiger partial charge in [-0.15, -0.1) is 11.6 Å². The highest BCUT2D eigenvalue weighted by atomic mass is 35.5. The van der Waals surface area contributed by atoms with E-state index in [0.29, 0.717) is 18.1 Å². The van der Waals surface area contributed by atoms with Crippen LogP contribution in [0.4, 0.5) is 14.5 Å². The summed E-state index contributed by atoms with van der Waals surface area (Å²) in [4.78, 5) is 1.49. The van der Waals surface area contributed by atoms with Crippen LogP contribution in [0.2, 0.25) is 0 Å². The second kappa shape index (κ2) is 5.63. The Morgan fingerprint density at radius 3 is 2.47 bits per heavy atom. The molecule has 0 bridgehead atoms. The van der Waals surface area contributed by atoms with E-state index in [1.54, 1.807) is 12.1 Å². The van der Waals surface area contributed by atoms with E-state index >= 15 is 0 Å². The minimum atomic E-state index is -4.59. The van der Waals surface area contributed by atoms with Gasteiger partial charge in [-0.25, -0.2) is 8.42 Å². The monoisotopic (exact) mass is 309 g/mol. The maximum absolute atomic E-state index is 12.7. The molecule has 0 radical (unpaired) electrons. The molecule has 1 saturated carbocycles. The van der Waals surface area contributed by atoms with E-state index < -0.39 is 15.6 Å². The summed E-state index contributed by atoms with van der Waals surface area (Å²) in [6.45, 7) is 0.446. The average Bonchev–Trinajstić information content (AvgIpc) is 3.20. The number of sulfone groups is 1. The molecule has 0 spiro atoms. The van der Waals surface area contributed by atoms with Crippen LogP contribution in [0.5, 0.6) is 0 Å². The largest absolute Gasteiger partial charge is 0.366 e. The first-order valence-electron chi connectivity index (χ1n) is 5.92. The van der Waals surface area contributed by atoms with Gasteiger partial charge in [0.25, 0.3) is 0 Å². The second-order valence-electron chi connectivity index (χ2n) is 4.39. The van der Waals surface area contributed by atoms with Crippen LogP contribution in [0.1, 0.15) is 12.8 Å². The van der Waals surface area contributed by atoms with Crippen LogP contribution in [0.15, 0.2) is 29.2 Å². The molecule has 7 heteroatoms. The SMILES string of the molecule is O=S(=O)(c1ccccc1N(CCCl)C1CC1)C(F)F. The smallest absolute Gasteiger partial charge is 0.341 e. The number of rotatable bonds is 6. The van der Waals surface area contributed by atoms with Gasteiger partial charge < -0.3 is 4.90 Å². The Labute approximate surface area is 116 Å². The lowest BCUT2D eigenvalue weighted by Crippen LogP contribution is -2.30. The molecule has 0 amide bonds. The van der Waals surface area contributed by atoms with Gasteiger partial charge in [-0.05, 0) is 25.0 Å². The van der Waals surface area contributed by atoms with Crippen molar-refractivity contribution in [3.05, 3.63) is 24.3 Å². The van der Waals surface area contributed by atoms with Crippen LogP contribution in [-0.2, 0) is 9.84 Å². The summed E-state index contributed by atoms with van der Waals surface area (Å²) in [5, 5.41) is 0. The van der Waals surface area contributed by atoms with E-state index in [1.807, 2.05) is 4.90 Å². The Bertz CT molecular complexity index is 546. The summed E-state index contributed by atoms with van der Waals surface area (Å²) in [5.41, 5.74) is 0.325. The van der Waals surface area contributed by atoms with Gasteiger partial charge >= 0.3 is 5.76 Å². The van der Waals surface area contributed by atoms with E-state index in [2.05, 4.69) is 0 Å². The number of nitrogens with zero attached hydrogens (tertiary/aromatic N) is 1. The van der Waals surface area contributed by atoms with Gasteiger partial charge in [-0.2, -0.15) is 8.78 Å². The summed E-state index contributed by atoms with van der Waals surface area (Å²) in [6.07, 6.45) is 1.86. The van der Waals surface area contributed by atoms with Gasteiger partial charge in [0.05, 0.1) is 10.6 Å². The van der Waals surface area contributed by atoms with E-state index in [-0.39, 0.29) is 10.9 Å². The highest BCUT2D eigenvalue weighted by Gasteiger charge is 2.35. The maximum Gasteiger partial charge on any atom is 0.341 e. The van der Waals surface area contributed by atoms with Crippen molar-refractivity contribution in [2.75, 3.05) is 17.3 Å². The van der Waals surface area contributed by atoms with Crippen LogP contribution < -0.4 is 4.90 Å². The van der Waals surface area contributed by atoms with Crippen molar-refractivity contribution in [2.45, 2.75) is 29.5 Å². The topological polar surface area (TPSA) is 37.4 Å². The number of hydrogen-bond donors (Lipinski definition) is 0. The number of para-hydroxylation sites is 1. The third-order valence-electron chi connectivity index (χ3n) is 3.03. The van der Waals surface area contributed by atoms with E-state index in [4.69, 9.17) is 11.6 Å². The molecule has 0 saturated heterocycles. The van der Waals surface area contributed by atoms with Crippen LogP contribution in [0, 0.1) is 0 Å². The first-order valence-corrected chi connectivity index (χ1v) is 8.00. The highest BCUT2D eigenvalue weighted by molar-refractivity contribution is 7.91. The number of halogens is 3. The van der Waals surface area contributed by atoms with E-state index in [1.165, 1.54) is 12.1 Å². The molecule has 0 heterocycles. The van der Waals surface area contributed by atoms with Crippen LogP contribution in [-0.4, -0.2) is 32.6 Å². The lowest BCUT2D eigenvalue weighted by Gasteiger charge is -2.26. The number of hydrogen-bond acceptors (Lipinski definition) is 3. The Kier molecular flexibility index (Phi) is 4.30. The van der Waals surface area contributed by atoms with Crippen LogP contribution in [0.25, 0.3) is 0 Å². The van der Waals surface area contributed by atoms with Crippen molar-refractivity contribution in [3.8, 4) is 0 Å². The molecule has 0 aliphatic heterocycles. The lowest BCUT2D eigenvalue weighted by atomic mass is 10.3. The van der Waals surface area contributed by atoms with Crippen molar-refractivity contribution in [1.82, 2.24) is 0 Å². The van der Waals surface area contributed by atoms with Crippen molar-refractivity contribution in [3.63, 3.8) is 0 Å². The lowest BCUT2D eigenvalue weighted by molar-refractivity contribution is 0.235. The van der Waals surface area contributed by atoms with Gasteiger partial charge in [-0.3, -0.25) is 0 Å². The fraction of sp³-hybridized carbons (Fsp3) is 0.500. The van der Waals surface area contributed by atoms with Crippen molar-refractivity contribution < 1.29 is 17.2 Å². The molecular formula is C12H14ClF2NO2S. The first-order chi connectivity index (χ1) is 8.98. The van der Waals surface area contributed by atoms with Gasteiger partial charge in [0, 0.05) is 18.5 Å². The summed E-state index contributed by atoms with van der Waals surface area (Å²) in [7, 11) is -4.59. The third-order valence-corrected chi connectivity index (χ3v) is 4.63. The second-order valence-corrected chi connectivity index (χ2v) is 6.65. The normalized spacial score (nSPS) is 15.8. The van der Waals surface area contributed by atoms with E-state index in [0.717, 1.165) is 12.8 Å². The molecule has 0 atom stereocenters. The molecule has 1 aromatic carbocycles. The molecule has 1 aromatic rings. The fourth-order valence-electron chi connectivity index (χ4n) is 2.01. The minimum absolute atomic E-state index is 0.202. The minimum Gasteiger partial charge on any atom is -0.366 e. The zero-order valence-electron chi connectivity index (χ0n) is 10.1.